The van der Waals surface area contributed by atoms with Gasteiger partial charge in [0.1, 0.15) is 28.6 Å². The van der Waals surface area contributed by atoms with Gasteiger partial charge in [-0.15, -0.1) is 11.3 Å². The fourth-order valence-corrected chi connectivity index (χ4v) is 10.8. The lowest BCUT2D eigenvalue weighted by atomic mass is 9.82. The zero-order valence-corrected chi connectivity index (χ0v) is 37.0. The van der Waals surface area contributed by atoms with Gasteiger partial charge < -0.3 is 30.1 Å². The normalized spacial score (nSPS) is 24.0. The van der Waals surface area contributed by atoms with Crippen molar-refractivity contribution in [2.75, 3.05) is 51.6 Å². The first-order valence-electron chi connectivity index (χ1n) is 21.9. The van der Waals surface area contributed by atoms with E-state index in [4.69, 9.17) is 20.2 Å². The minimum absolute atomic E-state index is 0.00816. The molecule has 1 aliphatic carbocycles. The number of unbranched alkanes of at least 4 members (excludes halogenated alkanes) is 1. The molecule has 4 unspecified atom stereocenters. The monoisotopic (exact) mass is 841 g/mol. The number of likely N-dealkylation sites (tertiary alicyclic amines) is 2. The number of amidine groups is 1. The molecule has 7 rings (SSSR count). The highest BCUT2D eigenvalue weighted by molar-refractivity contribution is 7.17. The van der Waals surface area contributed by atoms with Crippen LogP contribution in [0, 0.1) is 46.7 Å². The first kappa shape index (κ1) is 44.0. The number of aliphatic imine (C=N–C) groups is 1. The van der Waals surface area contributed by atoms with Crippen molar-refractivity contribution in [1.82, 2.24) is 14.7 Å². The molecule has 2 aromatic rings. The number of hydrogen-bond donors (Lipinski definition) is 2. The maximum Gasteiger partial charge on any atom is 0.211 e. The quantitative estimate of drug-likeness (QED) is 0.103. The van der Waals surface area contributed by atoms with Gasteiger partial charge >= 0.3 is 0 Å². The summed E-state index contributed by atoms with van der Waals surface area (Å²) in [5.41, 5.74) is 11.1. The molecule has 13 heteroatoms. The van der Waals surface area contributed by atoms with Crippen molar-refractivity contribution < 1.29 is 23.4 Å². The topological polar surface area (TPSA) is 134 Å². The second kappa shape index (κ2) is 18.5. The van der Waals surface area contributed by atoms with E-state index in [-0.39, 0.29) is 52.1 Å². The molecule has 3 saturated heterocycles. The number of halogens is 2. The third-order valence-corrected chi connectivity index (χ3v) is 14.3. The Kier molecular flexibility index (Phi) is 13.5. The molecule has 4 atom stereocenters. The second-order valence-electron chi connectivity index (χ2n) is 17.7. The molecule has 60 heavy (non-hydrogen) atoms. The highest BCUT2D eigenvalue weighted by Crippen LogP contribution is 2.49. The average molecular weight is 842 g/mol. The molecule has 322 valence electrons. The Morgan fingerprint density at radius 1 is 1.10 bits per heavy atom. The minimum atomic E-state index is -0.517. The Hall–Kier alpha value is -4.11. The van der Waals surface area contributed by atoms with Crippen LogP contribution in [0.1, 0.15) is 130 Å². The maximum absolute atomic E-state index is 18.0. The van der Waals surface area contributed by atoms with Gasteiger partial charge in [0.15, 0.2) is 0 Å². The van der Waals surface area contributed by atoms with E-state index >= 15 is 8.78 Å². The molecule has 10 nitrogen and oxygen atoms in total. The van der Waals surface area contributed by atoms with Crippen molar-refractivity contribution in [3.63, 3.8) is 0 Å². The van der Waals surface area contributed by atoms with Crippen LogP contribution < -0.4 is 5.73 Å². The summed E-state index contributed by atoms with van der Waals surface area (Å²) >= 11 is 1.01. The molecule has 1 aromatic heterocycles. The van der Waals surface area contributed by atoms with E-state index in [1.807, 2.05) is 20.8 Å². The number of ether oxygens (including phenoxy) is 2. The van der Waals surface area contributed by atoms with E-state index < -0.39 is 17.7 Å². The molecular formula is C47H61F2N7O3S. The summed E-state index contributed by atoms with van der Waals surface area (Å²) in [6.45, 7) is 16.8. The lowest BCUT2D eigenvalue weighted by molar-refractivity contribution is 0.0708. The van der Waals surface area contributed by atoms with Crippen LogP contribution in [-0.2, 0) is 22.7 Å². The summed E-state index contributed by atoms with van der Waals surface area (Å²) in [7, 11) is 0. The fourth-order valence-electron chi connectivity index (χ4n) is 9.84. The summed E-state index contributed by atoms with van der Waals surface area (Å²) in [5.74, 6) is 0.304. The molecule has 5 heterocycles. The molecule has 2 bridgehead atoms. The number of benzene rings is 1. The summed E-state index contributed by atoms with van der Waals surface area (Å²) < 4.78 is 46.7. The number of hydrogen-bond acceptors (Lipinski definition) is 10. The van der Waals surface area contributed by atoms with Crippen LogP contribution in [0.5, 0.6) is 0 Å². The number of aliphatic hydroxyl groups is 1. The van der Waals surface area contributed by atoms with Crippen molar-refractivity contribution in [3.8, 4) is 12.1 Å². The number of nitrogens with two attached hydrogens (primary N) is 1. The number of anilines is 1. The molecular weight excluding hydrogens is 781 g/mol. The lowest BCUT2D eigenvalue weighted by Crippen LogP contribution is -2.57. The third kappa shape index (κ3) is 8.67. The van der Waals surface area contributed by atoms with Crippen LogP contribution in [0.15, 0.2) is 28.6 Å². The van der Waals surface area contributed by atoms with Crippen molar-refractivity contribution in [2.24, 2.45) is 16.3 Å². The van der Waals surface area contributed by atoms with Crippen LogP contribution in [0.2, 0.25) is 0 Å². The highest BCUT2D eigenvalue weighted by atomic mass is 32.1. The Bertz CT molecular complexity index is 2160. The number of allylic oxidation sites excluding steroid dienone is 3. The predicted molar refractivity (Wildman–Crippen MR) is 234 cm³/mol. The standard InChI is InChI=1S/C47H61F2N7O3S/c1-7-10-11-38(59-27-47(15-16-47)26-54-17-14-31(18-50)21-54)53-46(56-32-12-13-33(56)23-55(22-32)20-29(5)57)40-30(6)43(49)41(36-25-58-24-35(36)40)39(28(4)8-2)42-34(19-51)45(52)60-44(42)37(48)9-3/h9,11,29,31-33,57H,7-8,10,12-17,20-27,52H2,1-6H3/b37-9+,38-11-,39-28+,53-46+. The first-order chi connectivity index (χ1) is 28.9. The Balaban J connectivity index is 1.37. The maximum atomic E-state index is 18.0. The van der Waals surface area contributed by atoms with Crippen LogP contribution in [0.4, 0.5) is 13.8 Å². The number of nitrogens with zero attached hydrogens (tertiary/aromatic N) is 6. The molecule has 3 N–H and O–H groups in total. The Morgan fingerprint density at radius 3 is 2.38 bits per heavy atom. The molecule has 4 aliphatic heterocycles. The SMILES string of the molecule is C/C=C(/F)c1sc(N)c(C#N)c1/C(=C(\C)CC)c1c(F)c(C)c(/C(=N\C(=C\CCC)OCC2(CN3CCC(C#N)C3)CC2)N2C3CCC2CN(CC(C)O)C3)c2c1COC2. The molecule has 4 fully saturated rings. The summed E-state index contributed by atoms with van der Waals surface area (Å²) in [6.07, 6.45) is 10.0. The number of rotatable bonds is 15. The fraction of sp³-hybridized carbons (Fsp3) is 0.596. The summed E-state index contributed by atoms with van der Waals surface area (Å²) in [4.78, 5) is 12.8. The van der Waals surface area contributed by atoms with Crippen molar-refractivity contribution in [2.45, 2.75) is 124 Å². The largest absolute Gasteiger partial charge is 0.477 e. The molecule has 1 aromatic carbocycles. The van der Waals surface area contributed by atoms with E-state index in [2.05, 4.69) is 39.8 Å². The minimum Gasteiger partial charge on any atom is -0.477 e. The zero-order chi connectivity index (χ0) is 42.9. The van der Waals surface area contributed by atoms with Gasteiger partial charge in [-0.2, -0.15) is 15.5 Å². The van der Waals surface area contributed by atoms with E-state index in [0.717, 1.165) is 100 Å². The van der Waals surface area contributed by atoms with E-state index in [1.165, 1.54) is 6.08 Å². The average Bonchev–Trinajstić information content (AvgIpc) is 3.54. The van der Waals surface area contributed by atoms with E-state index in [0.29, 0.717) is 64.7 Å². The lowest BCUT2D eigenvalue weighted by Gasteiger charge is -2.43. The van der Waals surface area contributed by atoms with Gasteiger partial charge in [0.05, 0.1) is 48.4 Å². The van der Waals surface area contributed by atoms with Crippen molar-refractivity contribution in [1.29, 1.82) is 10.5 Å². The predicted octanol–water partition coefficient (Wildman–Crippen LogP) is 8.80. The number of β-amino-alcohol motifs (C(OH)–C–C–N with tert-alkyl or cyclic N) is 1. The Labute approximate surface area is 358 Å². The number of nitriles is 2. The van der Waals surface area contributed by atoms with Crippen LogP contribution in [0.3, 0.4) is 0 Å². The number of aliphatic hydroxyl groups excluding tert-OH is 1. The Morgan fingerprint density at radius 2 is 1.80 bits per heavy atom. The van der Waals surface area contributed by atoms with Gasteiger partial charge in [0, 0.05) is 66.9 Å². The number of thiophene rings is 1. The molecule has 0 radical (unpaired) electrons. The van der Waals surface area contributed by atoms with Crippen LogP contribution >= 0.6 is 11.3 Å². The van der Waals surface area contributed by atoms with Crippen molar-refractivity contribution >= 4 is 33.6 Å². The van der Waals surface area contributed by atoms with Gasteiger partial charge in [0.2, 0.25) is 5.88 Å². The van der Waals surface area contributed by atoms with Crippen LogP contribution in [-0.4, -0.2) is 89.7 Å². The molecule has 5 aliphatic rings. The molecule has 0 spiro atoms. The zero-order valence-electron chi connectivity index (χ0n) is 36.2. The second-order valence-corrected chi connectivity index (χ2v) is 18.8. The molecule has 1 saturated carbocycles. The van der Waals surface area contributed by atoms with Crippen molar-refractivity contribution in [3.05, 3.63) is 73.2 Å². The number of nitrogen functional groups attached to an aromatic ring is 1. The smallest absolute Gasteiger partial charge is 0.211 e. The van der Waals surface area contributed by atoms with Gasteiger partial charge in [-0.1, -0.05) is 31.9 Å². The van der Waals surface area contributed by atoms with Gasteiger partial charge in [-0.05, 0) is 108 Å². The van der Waals surface area contributed by atoms with E-state index in [1.54, 1.807) is 13.8 Å². The van der Waals surface area contributed by atoms with Gasteiger partial charge in [-0.25, -0.2) is 8.78 Å². The van der Waals surface area contributed by atoms with Gasteiger partial charge in [0.25, 0.3) is 0 Å². The van der Waals surface area contributed by atoms with E-state index in [9.17, 15) is 15.6 Å². The molecule has 0 amide bonds. The summed E-state index contributed by atoms with van der Waals surface area (Å²) in [5, 5.41) is 30.4. The highest BCUT2D eigenvalue weighted by Gasteiger charge is 2.47. The van der Waals surface area contributed by atoms with Crippen LogP contribution in [0.25, 0.3) is 11.4 Å². The summed E-state index contributed by atoms with van der Waals surface area (Å²) in [6, 6.07) is 4.82. The number of fused-ring (bicyclic) bond motifs is 3. The first-order valence-corrected chi connectivity index (χ1v) is 22.7. The third-order valence-electron chi connectivity index (χ3n) is 13.2. The number of piperazine rings is 1. The van der Waals surface area contributed by atoms with Gasteiger partial charge in [-0.3, -0.25) is 4.90 Å².